The second-order valence-corrected chi connectivity index (χ2v) is 12.6. The molecule has 5 aromatic carbocycles. The summed E-state index contributed by atoms with van der Waals surface area (Å²) in [4.78, 5) is 2.73. The average Bonchev–Trinajstić information content (AvgIpc) is 3.32. The Morgan fingerprint density at radius 3 is 1.36 bits per heavy atom. The number of halogens is 6. The zero-order valence-electron chi connectivity index (χ0n) is 23.3. The van der Waals surface area contributed by atoms with Gasteiger partial charge in [-0.15, -0.1) is 0 Å². The molecule has 1 heterocycles. The van der Waals surface area contributed by atoms with Crippen molar-refractivity contribution in [3.63, 3.8) is 0 Å². The van der Waals surface area contributed by atoms with Crippen LogP contribution in [0.2, 0.25) is 0 Å². The smallest absolute Gasteiger partial charge is 0.416 e. The monoisotopic (exact) mass is 624 g/mol. The minimum atomic E-state index is -4.43. The van der Waals surface area contributed by atoms with Crippen molar-refractivity contribution in [2.24, 2.45) is 0 Å². The highest BCUT2D eigenvalue weighted by Crippen LogP contribution is 2.63. The molecule has 1 aliphatic heterocycles. The molecule has 0 amide bonds. The van der Waals surface area contributed by atoms with Gasteiger partial charge in [-0.1, -0.05) is 42.0 Å². The highest BCUT2D eigenvalue weighted by molar-refractivity contribution is 8.17. The molecule has 2 nitrogen and oxygen atoms in total. The van der Waals surface area contributed by atoms with Gasteiger partial charge in [0.1, 0.15) is 24.7 Å². The van der Waals surface area contributed by atoms with Crippen LogP contribution in [-0.4, -0.2) is 0 Å². The van der Waals surface area contributed by atoms with E-state index in [2.05, 4.69) is 0 Å². The minimum Gasteiger partial charge on any atom is -0.489 e. The van der Waals surface area contributed by atoms with Crippen LogP contribution in [-0.2, 0) is 25.6 Å². The van der Waals surface area contributed by atoms with E-state index < -0.39 is 34.4 Å². The quantitative estimate of drug-likeness (QED) is 0.141. The van der Waals surface area contributed by atoms with E-state index in [1.807, 2.05) is 61.5 Å². The summed E-state index contributed by atoms with van der Waals surface area (Å²) in [5.41, 5.74) is 3.08. The first-order valence-electron chi connectivity index (χ1n) is 13.7. The first-order valence-corrected chi connectivity index (χ1v) is 15.0. The molecule has 0 saturated heterocycles. The molecule has 0 N–H and O–H groups in total. The number of hydrogen-bond acceptors (Lipinski definition) is 2. The summed E-state index contributed by atoms with van der Waals surface area (Å²) in [6.07, 6.45) is -8.85. The standard InChI is InChI=1S/C35H26F6O2S/c1-22-2-4-23(5-3-22)20-42-27-12-16-32-30(18-27)31-19-28(43-21-24-6-8-25(9-7-24)34(36,37)38)13-17-33(31)44(32)29-14-10-26(11-15-29)35(39,40)41/h2-19,44H,20-21H2,1H3. The number of ether oxygens (including phenoxy) is 2. The fourth-order valence-electron chi connectivity index (χ4n) is 5.05. The molecule has 226 valence electrons. The number of thiol groups is 1. The summed E-state index contributed by atoms with van der Waals surface area (Å²) in [5, 5.41) is 0. The fraction of sp³-hybridized carbons (Fsp3) is 0.143. The third kappa shape index (κ3) is 6.28. The normalized spacial score (nSPS) is 15.0. The molecular formula is C35H26F6O2S. The molecule has 1 aliphatic rings. The molecule has 1 unspecified atom stereocenters. The van der Waals surface area contributed by atoms with Crippen LogP contribution in [0.1, 0.15) is 27.8 Å². The van der Waals surface area contributed by atoms with Crippen molar-refractivity contribution >= 4 is 10.9 Å². The lowest BCUT2D eigenvalue weighted by atomic mass is 10.1. The van der Waals surface area contributed by atoms with Crippen LogP contribution in [0, 0.1) is 6.92 Å². The van der Waals surface area contributed by atoms with Gasteiger partial charge < -0.3 is 9.47 Å². The molecule has 0 spiro atoms. The topological polar surface area (TPSA) is 18.5 Å². The zero-order chi connectivity index (χ0) is 31.1. The summed E-state index contributed by atoms with van der Waals surface area (Å²) in [6, 6.07) is 29.5. The maximum Gasteiger partial charge on any atom is 0.416 e. The molecule has 6 rings (SSSR count). The number of aryl methyl sites for hydroxylation is 1. The second kappa shape index (κ2) is 11.6. The third-order valence-electron chi connectivity index (χ3n) is 7.37. The van der Waals surface area contributed by atoms with Crippen molar-refractivity contribution in [3.05, 3.63) is 137 Å². The van der Waals surface area contributed by atoms with Crippen LogP contribution in [0.4, 0.5) is 26.3 Å². The fourth-order valence-corrected chi connectivity index (χ4v) is 7.61. The van der Waals surface area contributed by atoms with Crippen molar-refractivity contribution in [1.29, 1.82) is 0 Å². The van der Waals surface area contributed by atoms with Gasteiger partial charge in [0.25, 0.3) is 0 Å². The Morgan fingerprint density at radius 1 is 0.523 bits per heavy atom. The number of benzene rings is 5. The Hall–Kier alpha value is -4.37. The van der Waals surface area contributed by atoms with Crippen LogP contribution >= 0.6 is 10.9 Å². The number of fused-ring (bicyclic) bond motifs is 3. The molecule has 0 bridgehead atoms. The predicted molar refractivity (Wildman–Crippen MR) is 158 cm³/mol. The van der Waals surface area contributed by atoms with Gasteiger partial charge in [0, 0.05) is 9.79 Å². The van der Waals surface area contributed by atoms with Gasteiger partial charge in [-0.3, -0.25) is 0 Å². The van der Waals surface area contributed by atoms with E-state index >= 15 is 0 Å². The number of rotatable bonds is 7. The lowest BCUT2D eigenvalue weighted by molar-refractivity contribution is -0.138. The number of alkyl halides is 6. The summed E-state index contributed by atoms with van der Waals surface area (Å²) in [5.74, 6) is 1.17. The van der Waals surface area contributed by atoms with E-state index in [0.717, 1.165) is 61.2 Å². The third-order valence-corrected chi connectivity index (χ3v) is 9.93. The van der Waals surface area contributed by atoms with Crippen LogP contribution in [0.25, 0.3) is 11.1 Å². The molecule has 0 aromatic heterocycles. The molecule has 5 aromatic rings. The van der Waals surface area contributed by atoms with Crippen LogP contribution in [0.5, 0.6) is 11.5 Å². The Labute approximate surface area is 253 Å². The molecule has 44 heavy (non-hydrogen) atoms. The number of hydrogen-bond donors (Lipinski definition) is 1. The molecular weight excluding hydrogens is 598 g/mol. The molecule has 9 heteroatoms. The van der Waals surface area contributed by atoms with E-state index in [9.17, 15) is 26.3 Å². The molecule has 0 radical (unpaired) electrons. The van der Waals surface area contributed by atoms with E-state index in [4.69, 9.17) is 9.47 Å². The molecule has 0 fully saturated rings. The van der Waals surface area contributed by atoms with Gasteiger partial charge in [0.2, 0.25) is 0 Å². The molecule has 0 aliphatic carbocycles. The lowest BCUT2D eigenvalue weighted by Gasteiger charge is -2.20. The van der Waals surface area contributed by atoms with Gasteiger partial charge in [0.05, 0.1) is 11.1 Å². The summed E-state index contributed by atoms with van der Waals surface area (Å²) < 4.78 is 90.7. The SMILES string of the molecule is Cc1ccc(COc2ccc3c(c2)-c2cc(OCc4ccc(C(F)(F)F)cc4)ccc2[SH]3c2ccc(C(F)(F)F)cc2)cc1. The van der Waals surface area contributed by atoms with Gasteiger partial charge in [-0.05, 0) is 107 Å². The van der Waals surface area contributed by atoms with Crippen LogP contribution in [0.3, 0.4) is 0 Å². The highest BCUT2D eigenvalue weighted by atomic mass is 32.2. The summed E-state index contributed by atoms with van der Waals surface area (Å²) in [6.45, 7) is 2.45. The van der Waals surface area contributed by atoms with Crippen molar-refractivity contribution in [3.8, 4) is 22.6 Å². The maximum atomic E-state index is 13.3. The Morgan fingerprint density at radius 2 is 0.932 bits per heavy atom. The largest absolute Gasteiger partial charge is 0.489 e. The molecule has 1 atom stereocenters. The van der Waals surface area contributed by atoms with Crippen molar-refractivity contribution < 1.29 is 35.8 Å². The van der Waals surface area contributed by atoms with E-state index in [1.165, 1.54) is 24.3 Å². The van der Waals surface area contributed by atoms with E-state index in [0.29, 0.717) is 23.7 Å². The Bertz CT molecular complexity index is 1780. The minimum absolute atomic E-state index is 0.0666. The summed E-state index contributed by atoms with van der Waals surface area (Å²) >= 11 is 0. The maximum absolute atomic E-state index is 13.3. The van der Waals surface area contributed by atoms with Crippen LogP contribution in [0.15, 0.2) is 124 Å². The van der Waals surface area contributed by atoms with E-state index in [-0.39, 0.29) is 6.61 Å². The molecule has 0 saturated carbocycles. The van der Waals surface area contributed by atoms with E-state index in [1.54, 1.807) is 6.07 Å². The highest BCUT2D eigenvalue weighted by Gasteiger charge is 2.32. The summed E-state index contributed by atoms with van der Waals surface area (Å²) in [7, 11) is -1.15. The van der Waals surface area contributed by atoms with Gasteiger partial charge in [-0.25, -0.2) is 0 Å². The Balaban J connectivity index is 1.31. The first-order chi connectivity index (χ1) is 21.0. The first kappa shape index (κ1) is 29.7. The predicted octanol–water partition coefficient (Wildman–Crippen LogP) is 10.6. The van der Waals surface area contributed by atoms with Gasteiger partial charge in [-0.2, -0.15) is 37.2 Å². The Kier molecular flexibility index (Phi) is 7.84. The average molecular weight is 625 g/mol. The van der Waals surface area contributed by atoms with Gasteiger partial charge >= 0.3 is 12.4 Å². The van der Waals surface area contributed by atoms with Crippen molar-refractivity contribution in [2.45, 2.75) is 47.2 Å². The van der Waals surface area contributed by atoms with Crippen LogP contribution < -0.4 is 9.47 Å². The van der Waals surface area contributed by atoms with Crippen molar-refractivity contribution in [2.75, 3.05) is 0 Å². The van der Waals surface area contributed by atoms with Crippen molar-refractivity contribution in [1.82, 2.24) is 0 Å². The second-order valence-electron chi connectivity index (χ2n) is 10.5. The van der Waals surface area contributed by atoms with Gasteiger partial charge in [0.15, 0.2) is 0 Å². The lowest BCUT2D eigenvalue weighted by Crippen LogP contribution is -2.05. The zero-order valence-corrected chi connectivity index (χ0v) is 24.2.